The number of anilines is 4. The van der Waals surface area contributed by atoms with E-state index >= 15 is 0 Å². The van der Waals surface area contributed by atoms with E-state index in [0.717, 1.165) is 75.9 Å². The Hall–Kier alpha value is -3.80. The molecule has 11 heteroatoms. The number of nitrogens with one attached hydrogen (secondary N) is 2. The van der Waals surface area contributed by atoms with Crippen molar-refractivity contribution in [1.82, 2.24) is 19.9 Å². The summed E-state index contributed by atoms with van der Waals surface area (Å²) in [7, 11) is 2.15. The van der Waals surface area contributed by atoms with Gasteiger partial charge in [0.05, 0.1) is 19.3 Å². The number of hydrogen-bond acceptors (Lipinski definition) is 9. The van der Waals surface area contributed by atoms with Gasteiger partial charge in [-0.25, -0.2) is 9.78 Å². The summed E-state index contributed by atoms with van der Waals surface area (Å²) in [5, 5.41) is 5.86. The molecule has 3 saturated heterocycles. The number of urea groups is 1. The number of morpholine rings is 1. The molecule has 0 aliphatic carbocycles. The Kier molecular flexibility index (Phi) is 8.78. The highest BCUT2D eigenvalue weighted by Crippen LogP contribution is 2.29. The standard InChI is InChI=1S/C31H40N8O3/c1-22-21-42-20-17-39(22)30-35-28(34-29(36-30)24-11-18-41-19-12-24)23-3-5-25(6-4-23)32-31(40)33-26-7-9-27(10-8-26)38-15-13-37(2)14-16-38/h3-10,22,24H,11-21H2,1-2H3,(H2,32,33,40)/t22-/m1/s1. The van der Waals surface area contributed by atoms with Crippen LogP contribution in [0.2, 0.25) is 0 Å². The highest BCUT2D eigenvalue weighted by atomic mass is 16.5. The van der Waals surface area contributed by atoms with Crippen LogP contribution in [-0.4, -0.2) is 98.1 Å². The molecule has 3 fully saturated rings. The van der Waals surface area contributed by atoms with Gasteiger partial charge in [-0.1, -0.05) is 0 Å². The maximum absolute atomic E-state index is 12.7. The van der Waals surface area contributed by atoms with Crippen LogP contribution in [0.3, 0.4) is 0 Å². The second-order valence-corrected chi connectivity index (χ2v) is 11.3. The van der Waals surface area contributed by atoms with Crippen LogP contribution in [0, 0.1) is 0 Å². The van der Waals surface area contributed by atoms with Gasteiger partial charge in [0.15, 0.2) is 5.82 Å². The fourth-order valence-electron chi connectivity index (χ4n) is 5.62. The molecule has 6 rings (SSSR count). The van der Waals surface area contributed by atoms with Crippen molar-refractivity contribution in [1.29, 1.82) is 0 Å². The number of nitrogens with zero attached hydrogens (tertiary/aromatic N) is 6. The summed E-state index contributed by atoms with van der Waals surface area (Å²) < 4.78 is 11.2. The number of rotatable bonds is 6. The Labute approximate surface area is 247 Å². The summed E-state index contributed by atoms with van der Waals surface area (Å²) in [6, 6.07) is 15.5. The molecule has 2 amide bonds. The van der Waals surface area contributed by atoms with Crippen molar-refractivity contribution < 1.29 is 14.3 Å². The lowest BCUT2D eigenvalue weighted by Crippen LogP contribution is -2.44. The van der Waals surface area contributed by atoms with Gasteiger partial charge in [-0.15, -0.1) is 0 Å². The van der Waals surface area contributed by atoms with E-state index in [9.17, 15) is 4.79 Å². The molecule has 1 atom stereocenters. The van der Waals surface area contributed by atoms with E-state index in [-0.39, 0.29) is 18.0 Å². The van der Waals surface area contributed by atoms with Crippen molar-refractivity contribution in [3.8, 4) is 11.4 Å². The zero-order valence-electron chi connectivity index (χ0n) is 24.5. The Morgan fingerprint density at radius 2 is 1.48 bits per heavy atom. The number of piperazine rings is 1. The first-order valence-corrected chi connectivity index (χ1v) is 14.9. The van der Waals surface area contributed by atoms with E-state index in [1.54, 1.807) is 0 Å². The molecular formula is C31H40N8O3. The van der Waals surface area contributed by atoms with Gasteiger partial charge in [-0.3, -0.25) is 0 Å². The largest absolute Gasteiger partial charge is 0.381 e. The molecule has 3 aliphatic heterocycles. The molecule has 4 heterocycles. The summed E-state index contributed by atoms with van der Waals surface area (Å²) in [6.45, 7) is 9.74. The van der Waals surface area contributed by atoms with Crippen LogP contribution in [-0.2, 0) is 9.47 Å². The van der Waals surface area contributed by atoms with Crippen LogP contribution in [0.4, 0.5) is 27.8 Å². The second kappa shape index (κ2) is 13.0. The Bertz CT molecular complexity index is 1340. The molecule has 3 aromatic rings. The minimum Gasteiger partial charge on any atom is -0.381 e. The zero-order chi connectivity index (χ0) is 28.9. The molecule has 0 unspecified atom stereocenters. The number of likely N-dealkylation sites (N-methyl/N-ethyl adjacent to an activating group) is 1. The number of benzene rings is 2. The SMILES string of the molecule is C[C@@H]1COCCN1c1nc(-c2ccc(NC(=O)Nc3ccc(N4CCN(C)CC4)cc3)cc2)nc(C2CCOCC2)n1. The summed E-state index contributed by atoms with van der Waals surface area (Å²) in [5.74, 6) is 2.39. The Morgan fingerprint density at radius 1 is 0.810 bits per heavy atom. The molecule has 42 heavy (non-hydrogen) atoms. The Morgan fingerprint density at radius 3 is 2.14 bits per heavy atom. The monoisotopic (exact) mass is 572 g/mol. The van der Waals surface area contributed by atoms with Gasteiger partial charge in [0.25, 0.3) is 0 Å². The highest BCUT2D eigenvalue weighted by Gasteiger charge is 2.26. The van der Waals surface area contributed by atoms with Crippen molar-refractivity contribution in [2.24, 2.45) is 0 Å². The minimum absolute atomic E-state index is 0.185. The molecule has 222 valence electrons. The average Bonchev–Trinajstić information content (AvgIpc) is 3.03. The van der Waals surface area contributed by atoms with Gasteiger partial charge in [-0.05, 0) is 75.3 Å². The van der Waals surface area contributed by atoms with Crippen LogP contribution in [0.25, 0.3) is 11.4 Å². The molecule has 3 aliphatic rings. The first-order chi connectivity index (χ1) is 20.5. The number of aromatic nitrogens is 3. The van der Waals surface area contributed by atoms with E-state index in [1.165, 1.54) is 5.69 Å². The lowest BCUT2D eigenvalue weighted by molar-refractivity contribution is 0.0834. The van der Waals surface area contributed by atoms with Gasteiger partial charge < -0.3 is 34.8 Å². The fraction of sp³-hybridized carbons (Fsp3) is 0.484. The van der Waals surface area contributed by atoms with E-state index in [2.05, 4.69) is 51.4 Å². The average molecular weight is 573 g/mol. The van der Waals surface area contributed by atoms with Crippen LogP contribution in [0.5, 0.6) is 0 Å². The van der Waals surface area contributed by atoms with Gasteiger partial charge in [0.1, 0.15) is 5.82 Å². The maximum Gasteiger partial charge on any atom is 0.323 e. The number of carbonyl (C=O) groups is 1. The van der Waals surface area contributed by atoms with Crippen molar-refractivity contribution in [2.75, 3.05) is 86.6 Å². The molecule has 1 aromatic heterocycles. The second-order valence-electron chi connectivity index (χ2n) is 11.3. The maximum atomic E-state index is 12.7. The number of carbonyl (C=O) groups excluding carboxylic acids is 1. The molecule has 0 saturated carbocycles. The van der Waals surface area contributed by atoms with Crippen molar-refractivity contribution >= 4 is 29.0 Å². The molecule has 2 aromatic carbocycles. The van der Waals surface area contributed by atoms with Crippen LogP contribution in [0.1, 0.15) is 31.5 Å². The van der Waals surface area contributed by atoms with Gasteiger partial charge in [-0.2, -0.15) is 9.97 Å². The van der Waals surface area contributed by atoms with Gasteiger partial charge >= 0.3 is 6.03 Å². The van der Waals surface area contributed by atoms with Crippen LogP contribution in [0.15, 0.2) is 48.5 Å². The quantitative estimate of drug-likeness (QED) is 0.452. The van der Waals surface area contributed by atoms with Crippen molar-refractivity contribution in [2.45, 2.75) is 31.7 Å². The van der Waals surface area contributed by atoms with E-state index in [1.807, 2.05) is 36.4 Å². The number of ether oxygens (including phenoxy) is 2. The summed E-state index contributed by atoms with van der Waals surface area (Å²) in [5.41, 5.74) is 3.48. The molecule has 0 radical (unpaired) electrons. The third-order valence-corrected chi connectivity index (χ3v) is 8.25. The zero-order valence-corrected chi connectivity index (χ0v) is 24.5. The normalized spacial score (nSPS) is 20.4. The third-order valence-electron chi connectivity index (χ3n) is 8.25. The summed E-state index contributed by atoms with van der Waals surface area (Å²) >= 11 is 0. The van der Waals surface area contributed by atoms with Gasteiger partial charge in [0, 0.05) is 74.5 Å². The lowest BCUT2D eigenvalue weighted by Gasteiger charge is -2.34. The molecule has 2 N–H and O–H groups in total. The number of hydrogen-bond donors (Lipinski definition) is 2. The van der Waals surface area contributed by atoms with E-state index in [0.29, 0.717) is 30.7 Å². The first kappa shape index (κ1) is 28.3. The van der Waals surface area contributed by atoms with Crippen molar-refractivity contribution in [3.05, 3.63) is 54.4 Å². The topological polar surface area (TPSA) is 108 Å². The summed E-state index contributed by atoms with van der Waals surface area (Å²) in [6.07, 6.45) is 1.80. The van der Waals surface area contributed by atoms with Crippen LogP contribution < -0.4 is 20.4 Å². The fourth-order valence-corrected chi connectivity index (χ4v) is 5.62. The third kappa shape index (κ3) is 6.80. The molecule has 0 spiro atoms. The summed E-state index contributed by atoms with van der Waals surface area (Å²) in [4.78, 5) is 34.3. The van der Waals surface area contributed by atoms with E-state index < -0.39 is 0 Å². The van der Waals surface area contributed by atoms with Crippen LogP contribution >= 0.6 is 0 Å². The lowest BCUT2D eigenvalue weighted by atomic mass is 9.99. The van der Waals surface area contributed by atoms with Crippen molar-refractivity contribution in [3.63, 3.8) is 0 Å². The smallest absolute Gasteiger partial charge is 0.323 e. The number of amides is 2. The van der Waals surface area contributed by atoms with E-state index in [4.69, 9.17) is 24.4 Å². The molecule has 0 bridgehead atoms. The molecule has 11 nitrogen and oxygen atoms in total. The van der Waals surface area contributed by atoms with Gasteiger partial charge in [0.2, 0.25) is 5.95 Å². The first-order valence-electron chi connectivity index (χ1n) is 14.9. The minimum atomic E-state index is -0.291. The molecular weight excluding hydrogens is 532 g/mol. The Balaban J connectivity index is 1.13. The predicted molar refractivity (Wildman–Crippen MR) is 164 cm³/mol. The predicted octanol–water partition coefficient (Wildman–Crippen LogP) is 4.05. The highest BCUT2D eigenvalue weighted by molar-refractivity contribution is 5.99.